The summed E-state index contributed by atoms with van der Waals surface area (Å²) in [6, 6.07) is 15.1. The summed E-state index contributed by atoms with van der Waals surface area (Å²) in [4.78, 5) is 15.3. The lowest BCUT2D eigenvalue weighted by Crippen LogP contribution is -2.39. The summed E-state index contributed by atoms with van der Waals surface area (Å²) in [5.41, 5.74) is 4.23. The first kappa shape index (κ1) is 25.4. The Kier molecular flexibility index (Phi) is 7.06. The zero-order valence-corrected chi connectivity index (χ0v) is 22.6. The lowest BCUT2D eigenvalue weighted by Gasteiger charge is -2.20. The zero-order valence-electron chi connectivity index (χ0n) is 20.2. The summed E-state index contributed by atoms with van der Waals surface area (Å²) in [6.07, 6.45) is 5.78. The number of sulfone groups is 1. The molecule has 0 N–H and O–H groups in total. The highest BCUT2D eigenvalue weighted by molar-refractivity contribution is 8.26. The molecule has 2 saturated heterocycles. The molecule has 5 rings (SSSR count). The summed E-state index contributed by atoms with van der Waals surface area (Å²) >= 11 is 6.69. The fourth-order valence-electron chi connectivity index (χ4n) is 4.48. The van der Waals surface area contributed by atoms with E-state index in [0.29, 0.717) is 27.9 Å². The molecule has 3 heterocycles. The number of para-hydroxylation sites is 1. The van der Waals surface area contributed by atoms with Crippen LogP contribution in [0.5, 0.6) is 5.75 Å². The standard InChI is InChI=1S/C27H25N3O4S3/c1-3-12-34-22-9-10-23(18(2)14-22)25-19(16-29(28-25)20-7-5-4-6-8-20)15-24-26(31)30(27(35)36-24)21-11-13-37(32,33)17-21/h3-10,14-16,21H,1,11-13,17H2,2H3/b24-15-/t21-/m0/s1. The molecule has 190 valence electrons. The van der Waals surface area contributed by atoms with Gasteiger partial charge in [-0.1, -0.05) is 54.8 Å². The van der Waals surface area contributed by atoms with Gasteiger partial charge in [0.25, 0.3) is 5.91 Å². The summed E-state index contributed by atoms with van der Waals surface area (Å²) in [5, 5.41) is 4.87. The lowest BCUT2D eigenvalue weighted by molar-refractivity contribution is -0.123. The minimum atomic E-state index is -3.15. The number of hydrogen-bond donors (Lipinski definition) is 0. The molecular formula is C27H25N3O4S3. The second-order valence-corrected chi connectivity index (χ2v) is 12.8. The Morgan fingerprint density at radius 1 is 1.24 bits per heavy atom. The summed E-state index contributed by atoms with van der Waals surface area (Å²) < 4.78 is 31.9. The molecule has 1 aromatic heterocycles. The highest BCUT2D eigenvalue weighted by Gasteiger charge is 2.42. The van der Waals surface area contributed by atoms with E-state index in [1.165, 1.54) is 16.7 Å². The molecule has 0 saturated carbocycles. The maximum Gasteiger partial charge on any atom is 0.266 e. The van der Waals surface area contributed by atoms with Crippen molar-refractivity contribution in [2.75, 3.05) is 18.1 Å². The van der Waals surface area contributed by atoms with E-state index in [1.807, 2.05) is 61.7 Å². The zero-order chi connectivity index (χ0) is 26.2. The number of rotatable bonds is 7. The average molecular weight is 552 g/mol. The van der Waals surface area contributed by atoms with Crippen LogP contribution in [0.1, 0.15) is 17.5 Å². The van der Waals surface area contributed by atoms with Gasteiger partial charge in [-0.2, -0.15) is 5.10 Å². The van der Waals surface area contributed by atoms with Gasteiger partial charge in [-0.05, 0) is 55.3 Å². The van der Waals surface area contributed by atoms with Crippen LogP contribution >= 0.6 is 24.0 Å². The predicted octanol–water partition coefficient (Wildman–Crippen LogP) is 4.80. The van der Waals surface area contributed by atoms with E-state index < -0.39 is 15.9 Å². The summed E-state index contributed by atoms with van der Waals surface area (Å²) in [7, 11) is -3.15. The van der Waals surface area contributed by atoms with Crippen LogP contribution in [0.15, 0.2) is 72.3 Å². The van der Waals surface area contributed by atoms with Crippen molar-refractivity contribution < 1.29 is 17.9 Å². The summed E-state index contributed by atoms with van der Waals surface area (Å²) in [6.45, 7) is 6.09. The van der Waals surface area contributed by atoms with Gasteiger partial charge in [0.15, 0.2) is 9.84 Å². The van der Waals surface area contributed by atoms with Crippen LogP contribution in [0.3, 0.4) is 0 Å². The highest BCUT2D eigenvalue weighted by Crippen LogP contribution is 2.38. The van der Waals surface area contributed by atoms with Crippen LogP contribution in [0.25, 0.3) is 23.0 Å². The first-order valence-corrected chi connectivity index (χ1v) is 14.8. The third-order valence-corrected chi connectivity index (χ3v) is 9.35. The van der Waals surface area contributed by atoms with Gasteiger partial charge in [0.1, 0.15) is 22.4 Å². The number of ether oxygens (including phenoxy) is 1. The topological polar surface area (TPSA) is 81.5 Å². The van der Waals surface area contributed by atoms with Crippen LogP contribution in [0.4, 0.5) is 0 Å². The van der Waals surface area contributed by atoms with E-state index >= 15 is 0 Å². The minimum Gasteiger partial charge on any atom is -0.490 e. The first-order valence-electron chi connectivity index (χ1n) is 11.7. The van der Waals surface area contributed by atoms with Gasteiger partial charge in [0, 0.05) is 17.3 Å². The van der Waals surface area contributed by atoms with Crippen molar-refractivity contribution in [1.29, 1.82) is 0 Å². The molecule has 2 aliphatic rings. The number of hydrogen-bond acceptors (Lipinski definition) is 7. The Morgan fingerprint density at radius 3 is 2.70 bits per heavy atom. The van der Waals surface area contributed by atoms with Crippen molar-refractivity contribution in [3.63, 3.8) is 0 Å². The van der Waals surface area contributed by atoms with E-state index in [1.54, 1.807) is 16.8 Å². The molecule has 2 fully saturated rings. The van der Waals surface area contributed by atoms with Crippen molar-refractivity contribution in [2.24, 2.45) is 0 Å². The third kappa shape index (κ3) is 5.27. The van der Waals surface area contributed by atoms with Gasteiger partial charge in [0.2, 0.25) is 0 Å². The lowest BCUT2D eigenvalue weighted by atomic mass is 10.0. The molecule has 2 aromatic carbocycles. The second kappa shape index (κ2) is 10.3. The SMILES string of the molecule is C=CCOc1ccc(-c2nn(-c3ccccc3)cc2/C=C2\SC(=S)N([C@H]3CCS(=O)(=O)C3)C2=O)c(C)c1. The Balaban J connectivity index is 1.54. The molecule has 10 heteroatoms. The van der Waals surface area contributed by atoms with Crippen LogP contribution < -0.4 is 4.74 Å². The number of aryl methyl sites for hydroxylation is 1. The highest BCUT2D eigenvalue weighted by atomic mass is 32.2. The average Bonchev–Trinajstić information content (AvgIpc) is 3.53. The first-order chi connectivity index (χ1) is 17.8. The Hall–Kier alpha value is -3.21. The fraction of sp³-hybridized carbons (Fsp3) is 0.222. The third-order valence-electron chi connectivity index (χ3n) is 6.27. The summed E-state index contributed by atoms with van der Waals surface area (Å²) in [5.74, 6) is 0.495. The van der Waals surface area contributed by atoms with Gasteiger partial charge in [-0.15, -0.1) is 0 Å². The maximum absolute atomic E-state index is 13.4. The number of carbonyl (C=O) groups is 1. The van der Waals surface area contributed by atoms with Crippen molar-refractivity contribution in [2.45, 2.75) is 19.4 Å². The van der Waals surface area contributed by atoms with Gasteiger partial charge in [-0.25, -0.2) is 13.1 Å². The number of benzene rings is 2. The van der Waals surface area contributed by atoms with E-state index in [-0.39, 0.29) is 17.4 Å². The van der Waals surface area contributed by atoms with Crippen molar-refractivity contribution in [3.8, 4) is 22.7 Å². The van der Waals surface area contributed by atoms with Crippen LogP contribution in [0.2, 0.25) is 0 Å². The number of carbonyl (C=O) groups excluding carboxylic acids is 1. The van der Waals surface area contributed by atoms with Crippen LogP contribution in [-0.4, -0.2) is 57.5 Å². The van der Waals surface area contributed by atoms with E-state index in [9.17, 15) is 13.2 Å². The molecule has 0 unspecified atom stereocenters. The van der Waals surface area contributed by atoms with Gasteiger partial charge >= 0.3 is 0 Å². The Bertz CT molecular complexity index is 1530. The molecule has 37 heavy (non-hydrogen) atoms. The normalized spacial score (nSPS) is 20.1. The Morgan fingerprint density at radius 2 is 2.03 bits per heavy atom. The van der Waals surface area contributed by atoms with E-state index in [4.69, 9.17) is 22.1 Å². The van der Waals surface area contributed by atoms with E-state index in [2.05, 4.69) is 6.58 Å². The second-order valence-electron chi connectivity index (χ2n) is 8.90. The van der Waals surface area contributed by atoms with Crippen LogP contribution in [-0.2, 0) is 14.6 Å². The number of nitrogens with zero attached hydrogens (tertiary/aromatic N) is 3. The van der Waals surface area contributed by atoms with Gasteiger partial charge < -0.3 is 4.74 Å². The molecule has 1 amide bonds. The van der Waals surface area contributed by atoms with Crippen molar-refractivity contribution >= 4 is 50.1 Å². The largest absolute Gasteiger partial charge is 0.490 e. The smallest absolute Gasteiger partial charge is 0.266 e. The van der Waals surface area contributed by atoms with E-state index in [0.717, 1.165) is 28.1 Å². The molecule has 1 atom stereocenters. The molecule has 0 radical (unpaired) electrons. The quantitative estimate of drug-likeness (QED) is 0.237. The molecule has 2 aliphatic heterocycles. The molecule has 0 aliphatic carbocycles. The number of amides is 1. The monoisotopic (exact) mass is 551 g/mol. The van der Waals surface area contributed by atoms with Crippen LogP contribution in [0, 0.1) is 6.92 Å². The molecule has 7 nitrogen and oxygen atoms in total. The minimum absolute atomic E-state index is 0.0522. The predicted molar refractivity (Wildman–Crippen MR) is 151 cm³/mol. The van der Waals surface area contributed by atoms with Gasteiger partial charge in [-0.3, -0.25) is 9.69 Å². The maximum atomic E-state index is 13.4. The van der Waals surface area contributed by atoms with Gasteiger partial charge in [0.05, 0.1) is 28.1 Å². The number of aromatic nitrogens is 2. The van der Waals surface area contributed by atoms with Crippen molar-refractivity contribution in [3.05, 3.63) is 83.4 Å². The van der Waals surface area contributed by atoms with Crippen molar-refractivity contribution in [1.82, 2.24) is 14.7 Å². The fourth-order valence-corrected chi connectivity index (χ4v) is 7.57. The molecule has 0 spiro atoms. The number of thioether (sulfide) groups is 1. The number of thiocarbonyl (C=S) groups is 1. The molecular weight excluding hydrogens is 527 g/mol. The Labute approximate surface area is 225 Å². The molecule has 0 bridgehead atoms. The molecule has 3 aromatic rings.